The second kappa shape index (κ2) is 7.05. The van der Waals surface area contributed by atoms with Gasteiger partial charge >= 0.3 is 0 Å². The standard InChI is InChI=1S/C11H14ClNO2S3/c12-9-2-1-8(18-9)11-13(10(15)7-17-11)3-5-16-6-4-14/h1-2,11,14H,3-7H2. The first-order valence-corrected chi connectivity index (χ1v) is 8.97. The van der Waals surface area contributed by atoms with Crippen molar-refractivity contribution in [1.29, 1.82) is 0 Å². The maximum absolute atomic E-state index is 11.8. The fourth-order valence-corrected chi connectivity index (χ4v) is 4.90. The van der Waals surface area contributed by atoms with Gasteiger partial charge in [0, 0.05) is 22.9 Å². The van der Waals surface area contributed by atoms with Crippen LogP contribution in [0.4, 0.5) is 0 Å². The summed E-state index contributed by atoms with van der Waals surface area (Å²) in [5.74, 6) is 2.33. The zero-order valence-corrected chi connectivity index (χ0v) is 12.9. The van der Waals surface area contributed by atoms with E-state index < -0.39 is 0 Å². The molecule has 1 atom stereocenters. The second-order valence-corrected chi connectivity index (χ2v) is 7.77. The summed E-state index contributed by atoms with van der Waals surface area (Å²) in [6, 6.07) is 3.88. The van der Waals surface area contributed by atoms with Crippen LogP contribution in [0, 0.1) is 0 Å². The van der Waals surface area contributed by atoms with Crippen molar-refractivity contribution in [3.8, 4) is 0 Å². The normalized spacial score (nSPS) is 19.8. The zero-order chi connectivity index (χ0) is 13.0. The van der Waals surface area contributed by atoms with Crippen LogP contribution in [0.1, 0.15) is 10.3 Å². The predicted octanol–water partition coefficient (Wildman–Crippen LogP) is 2.70. The Bertz CT molecular complexity index is 413. The van der Waals surface area contributed by atoms with E-state index in [9.17, 15) is 4.79 Å². The number of hydrogen-bond acceptors (Lipinski definition) is 5. The van der Waals surface area contributed by atoms with Crippen molar-refractivity contribution in [2.24, 2.45) is 0 Å². The van der Waals surface area contributed by atoms with E-state index in [-0.39, 0.29) is 17.9 Å². The highest BCUT2D eigenvalue weighted by molar-refractivity contribution is 8.00. The van der Waals surface area contributed by atoms with Crippen LogP contribution in [0.15, 0.2) is 12.1 Å². The number of aliphatic hydroxyl groups excluding tert-OH is 1. The lowest BCUT2D eigenvalue weighted by molar-refractivity contribution is -0.127. The second-order valence-electron chi connectivity index (χ2n) is 3.73. The van der Waals surface area contributed by atoms with Crippen LogP contribution in [-0.2, 0) is 4.79 Å². The highest BCUT2D eigenvalue weighted by Gasteiger charge is 2.33. The van der Waals surface area contributed by atoms with E-state index in [0.29, 0.717) is 5.75 Å². The van der Waals surface area contributed by atoms with Gasteiger partial charge in [-0.3, -0.25) is 4.79 Å². The van der Waals surface area contributed by atoms with Gasteiger partial charge in [-0.1, -0.05) is 11.6 Å². The van der Waals surface area contributed by atoms with E-state index in [1.54, 1.807) is 23.5 Å². The fraction of sp³-hybridized carbons (Fsp3) is 0.545. The third-order valence-electron chi connectivity index (χ3n) is 2.52. The number of amides is 1. The molecule has 1 aliphatic heterocycles. The first-order chi connectivity index (χ1) is 8.72. The van der Waals surface area contributed by atoms with Crippen LogP contribution in [0.25, 0.3) is 0 Å². The molecule has 1 unspecified atom stereocenters. The maximum atomic E-state index is 11.8. The van der Waals surface area contributed by atoms with Crippen molar-refractivity contribution < 1.29 is 9.90 Å². The Morgan fingerprint density at radius 1 is 1.50 bits per heavy atom. The Kier molecular flexibility index (Phi) is 5.69. The highest BCUT2D eigenvalue weighted by atomic mass is 35.5. The molecule has 1 aromatic heterocycles. The fourth-order valence-electron chi connectivity index (χ4n) is 1.72. The van der Waals surface area contributed by atoms with Crippen molar-refractivity contribution in [1.82, 2.24) is 4.90 Å². The SMILES string of the molecule is O=C1CSC(c2ccc(Cl)s2)N1CCSCCO. The Balaban J connectivity index is 1.95. The lowest BCUT2D eigenvalue weighted by Crippen LogP contribution is -2.30. The predicted molar refractivity (Wildman–Crippen MR) is 80.7 cm³/mol. The molecule has 1 N–H and O–H groups in total. The Labute approximate surface area is 124 Å². The summed E-state index contributed by atoms with van der Waals surface area (Å²) in [4.78, 5) is 14.9. The molecule has 0 spiro atoms. The van der Waals surface area contributed by atoms with E-state index >= 15 is 0 Å². The molecule has 1 amide bonds. The molecule has 2 heterocycles. The third kappa shape index (κ3) is 3.57. The quantitative estimate of drug-likeness (QED) is 0.817. The van der Waals surface area contributed by atoms with E-state index in [1.165, 1.54) is 11.3 Å². The van der Waals surface area contributed by atoms with Gasteiger partial charge in [0.15, 0.2) is 0 Å². The molecule has 0 bridgehead atoms. The van der Waals surface area contributed by atoms with Gasteiger partial charge in [-0.15, -0.1) is 23.1 Å². The minimum absolute atomic E-state index is 0.115. The summed E-state index contributed by atoms with van der Waals surface area (Å²) in [5, 5.41) is 8.84. The van der Waals surface area contributed by atoms with Gasteiger partial charge < -0.3 is 10.0 Å². The first-order valence-electron chi connectivity index (χ1n) is 5.57. The van der Waals surface area contributed by atoms with Crippen molar-refractivity contribution in [3.05, 3.63) is 21.3 Å². The summed E-state index contributed by atoms with van der Waals surface area (Å²) in [5.41, 5.74) is 0. The largest absolute Gasteiger partial charge is 0.396 e. The van der Waals surface area contributed by atoms with Crippen LogP contribution in [0.3, 0.4) is 0 Å². The molecule has 0 aliphatic carbocycles. The van der Waals surface area contributed by atoms with Crippen molar-refractivity contribution in [2.45, 2.75) is 5.37 Å². The van der Waals surface area contributed by atoms with Gasteiger partial charge in [0.05, 0.1) is 16.7 Å². The average Bonchev–Trinajstić information content (AvgIpc) is 2.92. The number of aliphatic hydroxyl groups is 1. The van der Waals surface area contributed by atoms with E-state index in [0.717, 1.165) is 27.3 Å². The van der Waals surface area contributed by atoms with Crippen LogP contribution < -0.4 is 0 Å². The number of carbonyl (C=O) groups excluding carboxylic acids is 1. The topological polar surface area (TPSA) is 40.5 Å². The first kappa shape index (κ1) is 14.5. The Morgan fingerprint density at radius 3 is 3.00 bits per heavy atom. The number of nitrogens with zero attached hydrogens (tertiary/aromatic N) is 1. The van der Waals surface area contributed by atoms with E-state index in [4.69, 9.17) is 16.7 Å². The molecular formula is C11H14ClNO2S3. The van der Waals surface area contributed by atoms with Crippen LogP contribution in [0.5, 0.6) is 0 Å². The van der Waals surface area contributed by atoms with Crippen LogP contribution in [0.2, 0.25) is 4.34 Å². The Hall–Kier alpha value is 0.120. The number of rotatable bonds is 6. The number of carbonyl (C=O) groups is 1. The van der Waals surface area contributed by atoms with E-state index in [2.05, 4.69) is 0 Å². The number of thioether (sulfide) groups is 2. The summed E-state index contributed by atoms with van der Waals surface area (Å²) in [6.45, 7) is 0.925. The van der Waals surface area contributed by atoms with Crippen molar-refractivity contribution in [3.63, 3.8) is 0 Å². The lowest BCUT2D eigenvalue weighted by atomic mass is 10.4. The van der Waals surface area contributed by atoms with Gasteiger partial charge in [0.25, 0.3) is 0 Å². The molecule has 18 heavy (non-hydrogen) atoms. The Morgan fingerprint density at radius 2 is 2.33 bits per heavy atom. The molecule has 100 valence electrons. The molecule has 2 rings (SSSR count). The maximum Gasteiger partial charge on any atom is 0.233 e. The molecule has 0 saturated carbocycles. The lowest BCUT2D eigenvalue weighted by Gasteiger charge is -2.22. The molecule has 1 aliphatic rings. The van der Waals surface area contributed by atoms with Gasteiger partial charge in [-0.25, -0.2) is 0 Å². The van der Waals surface area contributed by atoms with Crippen LogP contribution in [-0.4, -0.2) is 46.3 Å². The summed E-state index contributed by atoms with van der Waals surface area (Å²) >= 11 is 10.8. The number of hydrogen-bond donors (Lipinski definition) is 1. The zero-order valence-electron chi connectivity index (χ0n) is 9.67. The van der Waals surface area contributed by atoms with Crippen LogP contribution >= 0.6 is 46.5 Å². The van der Waals surface area contributed by atoms with E-state index in [1.807, 2.05) is 17.0 Å². The number of thiophene rings is 1. The molecule has 1 aromatic rings. The van der Waals surface area contributed by atoms with Gasteiger partial charge in [-0.05, 0) is 12.1 Å². The monoisotopic (exact) mass is 323 g/mol. The highest BCUT2D eigenvalue weighted by Crippen LogP contribution is 2.42. The molecule has 0 radical (unpaired) electrons. The summed E-state index contributed by atoms with van der Waals surface area (Å²) in [7, 11) is 0. The third-order valence-corrected chi connectivity index (χ3v) is 6.13. The summed E-state index contributed by atoms with van der Waals surface area (Å²) < 4.78 is 0.763. The summed E-state index contributed by atoms with van der Waals surface area (Å²) in [6.07, 6.45) is 0. The van der Waals surface area contributed by atoms with Gasteiger partial charge in [0.1, 0.15) is 5.37 Å². The van der Waals surface area contributed by atoms with Gasteiger partial charge in [0.2, 0.25) is 5.91 Å². The van der Waals surface area contributed by atoms with Gasteiger partial charge in [-0.2, -0.15) is 11.8 Å². The smallest absolute Gasteiger partial charge is 0.233 e. The minimum atomic E-state index is 0.115. The molecule has 1 fully saturated rings. The van der Waals surface area contributed by atoms with Crippen molar-refractivity contribution >= 4 is 52.4 Å². The average molecular weight is 324 g/mol. The molecule has 3 nitrogen and oxygen atoms in total. The minimum Gasteiger partial charge on any atom is -0.396 e. The number of halogens is 1. The molecular weight excluding hydrogens is 310 g/mol. The molecule has 1 saturated heterocycles. The molecule has 0 aromatic carbocycles. The van der Waals surface area contributed by atoms with Crippen molar-refractivity contribution in [2.75, 3.05) is 30.4 Å². The molecule has 7 heteroatoms.